The highest BCUT2D eigenvalue weighted by Crippen LogP contribution is 2.18. The Balaban J connectivity index is 2.84. The maximum Gasteiger partial charge on any atom is 0.249 e. The van der Waals surface area contributed by atoms with Gasteiger partial charge in [-0.05, 0) is 22.0 Å². The van der Waals surface area contributed by atoms with Crippen LogP contribution in [0, 0.1) is 0 Å². The lowest BCUT2D eigenvalue weighted by Gasteiger charge is -1.97. The van der Waals surface area contributed by atoms with E-state index >= 15 is 0 Å². The fraction of sp³-hybridized carbons (Fsp3) is 0. The smallest absolute Gasteiger partial charge is 0.249 e. The molecule has 0 spiro atoms. The van der Waals surface area contributed by atoms with Gasteiger partial charge in [-0.15, -0.1) is 0 Å². The van der Waals surface area contributed by atoms with E-state index in [0.717, 1.165) is 0 Å². The van der Waals surface area contributed by atoms with Gasteiger partial charge in [0.15, 0.2) is 5.65 Å². The van der Waals surface area contributed by atoms with Crippen molar-refractivity contribution in [3.8, 4) is 0 Å². The highest BCUT2D eigenvalue weighted by molar-refractivity contribution is 9.10. The Kier molecular flexibility index (Phi) is 1.77. The van der Waals surface area contributed by atoms with Crippen LogP contribution in [0.1, 0.15) is 10.4 Å². The fourth-order valence-corrected chi connectivity index (χ4v) is 1.51. The van der Waals surface area contributed by atoms with Gasteiger partial charge in [0.1, 0.15) is 4.60 Å². The monoisotopic (exact) mass is 240 g/mol. The molecule has 3 N–H and O–H groups in total. The van der Waals surface area contributed by atoms with E-state index in [2.05, 4.69) is 31.1 Å². The van der Waals surface area contributed by atoms with Crippen LogP contribution in [-0.4, -0.2) is 21.1 Å². The van der Waals surface area contributed by atoms with Crippen molar-refractivity contribution < 1.29 is 4.79 Å². The second-order valence-corrected chi connectivity index (χ2v) is 3.30. The van der Waals surface area contributed by atoms with Gasteiger partial charge in [0, 0.05) is 0 Å². The molecule has 0 saturated heterocycles. The van der Waals surface area contributed by atoms with Gasteiger partial charge in [0.2, 0.25) is 5.91 Å². The van der Waals surface area contributed by atoms with Crippen molar-refractivity contribution in [1.29, 1.82) is 0 Å². The summed E-state index contributed by atoms with van der Waals surface area (Å²) in [5.74, 6) is -0.491. The molecule has 0 aromatic carbocycles. The number of H-pyrrole nitrogens is 1. The zero-order valence-electron chi connectivity index (χ0n) is 6.41. The topological polar surface area (TPSA) is 84.7 Å². The second-order valence-electron chi connectivity index (χ2n) is 2.49. The van der Waals surface area contributed by atoms with Gasteiger partial charge >= 0.3 is 0 Å². The summed E-state index contributed by atoms with van der Waals surface area (Å²) in [6, 6.07) is 1.57. The van der Waals surface area contributed by atoms with Crippen molar-refractivity contribution >= 4 is 32.9 Å². The lowest BCUT2D eigenvalue weighted by molar-refractivity contribution is 0.100. The normalized spacial score (nSPS) is 10.5. The zero-order chi connectivity index (χ0) is 9.42. The third kappa shape index (κ3) is 1.29. The molecule has 1 amide bonds. The van der Waals surface area contributed by atoms with Crippen LogP contribution in [0.4, 0.5) is 0 Å². The van der Waals surface area contributed by atoms with Gasteiger partial charge in [0.05, 0.1) is 17.1 Å². The molecule has 0 aliphatic heterocycles. The molecule has 2 aromatic heterocycles. The van der Waals surface area contributed by atoms with Crippen LogP contribution in [0.15, 0.2) is 16.9 Å². The number of fused-ring (bicyclic) bond motifs is 1. The number of nitrogens with one attached hydrogen (secondary N) is 1. The summed E-state index contributed by atoms with van der Waals surface area (Å²) in [5, 5.41) is 7.06. The van der Waals surface area contributed by atoms with E-state index < -0.39 is 5.91 Å². The molecular weight excluding hydrogens is 236 g/mol. The standard InChI is InChI=1S/C7H5BrN4O/c8-5-1-3(6(9)13)4-2-10-12-7(4)11-5/h1-2H,(H2,9,13)(H,10,11,12). The first-order valence-corrected chi connectivity index (χ1v) is 4.27. The maximum atomic E-state index is 11.0. The van der Waals surface area contributed by atoms with Crippen LogP contribution in [0.5, 0.6) is 0 Å². The number of pyridine rings is 1. The molecule has 0 saturated carbocycles. The number of rotatable bonds is 1. The number of nitrogens with zero attached hydrogens (tertiary/aromatic N) is 2. The summed E-state index contributed by atoms with van der Waals surface area (Å²) in [6.45, 7) is 0. The Bertz CT molecular complexity index is 478. The Morgan fingerprint density at radius 2 is 2.38 bits per heavy atom. The summed E-state index contributed by atoms with van der Waals surface area (Å²) < 4.78 is 0.554. The van der Waals surface area contributed by atoms with E-state index in [9.17, 15) is 4.79 Å². The molecule has 6 heteroatoms. The molecule has 0 radical (unpaired) electrons. The first kappa shape index (κ1) is 8.18. The lowest BCUT2D eigenvalue weighted by atomic mass is 10.2. The molecule has 0 aliphatic rings. The predicted molar refractivity (Wildman–Crippen MR) is 50.1 cm³/mol. The summed E-state index contributed by atoms with van der Waals surface area (Å²) in [5.41, 5.74) is 6.13. The molecule has 0 atom stereocenters. The highest BCUT2D eigenvalue weighted by Gasteiger charge is 2.10. The molecule has 2 aromatic rings. The molecule has 0 bridgehead atoms. The number of hydrogen-bond acceptors (Lipinski definition) is 3. The third-order valence-electron chi connectivity index (χ3n) is 1.66. The Labute approximate surface area is 81.5 Å². The van der Waals surface area contributed by atoms with Gasteiger partial charge in [-0.2, -0.15) is 5.10 Å². The minimum Gasteiger partial charge on any atom is -0.366 e. The van der Waals surface area contributed by atoms with E-state index in [1.165, 1.54) is 6.20 Å². The summed E-state index contributed by atoms with van der Waals surface area (Å²) >= 11 is 3.17. The molecule has 0 fully saturated rings. The molecule has 2 rings (SSSR count). The Morgan fingerprint density at radius 3 is 3.08 bits per heavy atom. The average molecular weight is 241 g/mol. The van der Waals surface area contributed by atoms with Crippen molar-refractivity contribution in [3.05, 3.63) is 22.4 Å². The average Bonchev–Trinajstić information content (AvgIpc) is 2.49. The van der Waals surface area contributed by atoms with Crippen LogP contribution >= 0.6 is 15.9 Å². The summed E-state index contributed by atoms with van der Waals surface area (Å²) in [6.07, 6.45) is 1.52. The van der Waals surface area contributed by atoms with Crippen molar-refractivity contribution in [2.45, 2.75) is 0 Å². The highest BCUT2D eigenvalue weighted by atomic mass is 79.9. The molecule has 13 heavy (non-hydrogen) atoms. The summed E-state index contributed by atoms with van der Waals surface area (Å²) in [4.78, 5) is 15.1. The van der Waals surface area contributed by atoms with E-state index in [4.69, 9.17) is 5.73 Å². The Morgan fingerprint density at radius 1 is 1.62 bits per heavy atom. The first-order chi connectivity index (χ1) is 6.18. The Hall–Kier alpha value is -1.43. The largest absolute Gasteiger partial charge is 0.366 e. The minimum absolute atomic E-state index is 0.408. The number of aromatic amines is 1. The molecule has 66 valence electrons. The van der Waals surface area contributed by atoms with Crippen LogP contribution in [-0.2, 0) is 0 Å². The van der Waals surface area contributed by atoms with Gasteiger partial charge in [-0.3, -0.25) is 9.89 Å². The number of primary amides is 1. The van der Waals surface area contributed by atoms with Gasteiger partial charge < -0.3 is 5.73 Å². The summed E-state index contributed by atoms with van der Waals surface area (Å²) in [7, 11) is 0. The van der Waals surface area contributed by atoms with Crippen molar-refractivity contribution in [2.75, 3.05) is 0 Å². The van der Waals surface area contributed by atoms with Crippen LogP contribution in [0.3, 0.4) is 0 Å². The van der Waals surface area contributed by atoms with E-state index in [1.807, 2.05) is 0 Å². The SMILES string of the molecule is NC(=O)c1cc(Br)nc2[nH]ncc12. The number of hydrogen-bond donors (Lipinski definition) is 2. The second kappa shape index (κ2) is 2.81. The molecule has 2 heterocycles. The zero-order valence-corrected chi connectivity index (χ0v) is 8.00. The van der Waals surface area contributed by atoms with Gasteiger partial charge in [0.25, 0.3) is 0 Å². The molecular formula is C7H5BrN4O. The van der Waals surface area contributed by atoms with E-state index in [1.54, 1.807) is 6.07 Å². The van der Waals surface area contributed by atoms with Crippen molar-refractivity contribution in [2.24, 2.45) is 5.73 Å². The predicted octanol–water partition coefficient (Wildman–Crippen LogP) is 0.819. The molecule has 0 aliphatic carbocycles. The van der Waals surface area contributed by atoms with Gasteiger partial charge in [-0.25, -0.2) is 4.98 Å². The van der Waals surface area contributed by atoms with Crippen LogP contribution < -0.4 is 5.73 Å². The first-order valence-electron chi connectivity index (χ1n) is 3.48. The number of carbonyl (C=O) groups is 1. The quantitative estimate of drug-likeness (QED) is 0.724. The van der Waals surface area contributed by atoms with Crippen LogP contribution in [0.25, 0.3) is 11.0 Å². The number of carbonyl (C=O) groups excluding carboxylic acids is 1. The van der Waals surface area contributed by atoms with Crippen molar-refractivity contribution in [3.63, 3.8) is 0 Å². The fourth-order valence-electron chi connectivity index (χ4n) is 1.10. The maximum absolute atomic E-state index is 11.0. The third-order valence-corrected chi connectivity index (χ3v) is 2.06. The van der Waals surface area contributed by atoms with E-state index in [0.29, 0.717) is 21.2 Å². The number of nitrogens with two attached hydrogens (primary N) is 1. The molecule has 0 unspecified atom stereocenters. The van der Waals surface area contributed by atoms with Crippen LogP contribution in [0.2, 0.25) is 0 Å². The van der Waals surface area contributed by atoms with Gasteiger partial charge in [-0.1, -0.05) is 0 Å². The number of aromatic nitrogens is 3. The lowest BCUT2D eigenvalue weighted by Crippen LogP contribution is -2.11. The number of halogens is 1. The number of amides is 1. The van der Waals surface area contributed by atoms with Crippen molar-refractivity contribution in [1.82, 2.24) is 15.2 Å². The minimum atomic E-state index is -0.491. The van der Waals surface area contributed by atoms with E-state index in [-0.39, 0.29) is 0 Å². The molecule has 5 nitrogen and oxygen atoms in total.